The van der Waals surface area contributed by atoms with Gasteiger partial charge in [0.05, 0.1) is 23.3 Å². The molecule has 146 valence electrons. The summed E-state index contributed by atoms with van der Waals surface area (Å²) in [6, 6.07) is 10.7. The Bertz CT molecular complexity index is 1160. The number of anilines is 1. The molecule has 2 aromatic carbocycles. The Labute approximate surface area is 165 Å². The molecule has 0 aliphatic carbocycles. The van der Waals surface area contributed by atoms with Crippen molar-refractivity contribution in [2.45, 2.75) is 13.0 Å². The monoisotopic (exact) mass is 390 g/mol. The largest absolute Gasteiger partial charge is 0.366 e. The second-order valence-electron chi connectivity index (χ2n) is 6.68. The van der Waals surface area contributed by atoms with Gasteiger partial charge in [0.2, 0.25) is 5.91 Å². The summed E-state index contributed by atoms with van der Waals surface area (Å²) in [6.07, 6.45) is 1.67. The number of rotatable bonds is 4. The van der Waals surface area contributed by atoms with E-state index in [2.05, 4.69) is 26.1 Å². The van der Waals surface area contributed by atoms with Gasteiger partial charge in [-0.05, 0) is 42.8 Å². The van der Waals surface area contributed by atoms with Crippen LogP contribution in [-0.2, 0) is 4.79 Å². The number of aromatic amines is 1. The number of hydrogen-bond donors (Lipinski definition) is 5. The number of urea groups is 1. The minimum atomic E-state index is -0.677. The SMILES string of the molecule is CC1=C(C(=O)Nc2ccc3[nH]ncc3c2)C(c2ccc(C(N)=O)cc2)NC(=O)N1. The number of fused-ring (bicyclic) bond motifs is 1. The van der Waals surface area contributed by atoms with Crippen molar-refractivity contribution in [1.29, 1.82) is 0 Å². The molecule has 0 spiro atoms. The zero-order chi connectivity index (χ0) is 20.5. The van der Waals surface area contributed by atoms with Crippen molar-refractivity contribution in [2.75, 3.05) is 5.32 Å². The van der Waals surface area contributed by atoms with Gasteiger partial charge in [-0.25, -0.2) is 4.79 Å². The van der Waals surface area contributed by atoms with Gasteiger partial charge in [0.1, 0.15) is 0 Å². The second-order valence-corrected chi connectivity index (χ2v) is 6.68. The van der Waals surface area contributed by atoms with E-state index in [9.17, 15) is 14.4 Å². The van der Waals surface area contributed by atoms with Crippen LogP contribution in [0.4, 0.5) is 10.5 Å². The van der Waals surface area contributed by atoms with Crippen LogP contribution in [0.25, 0.3) is 10.9 Å². The summed E-state index contributed by atoms with van der Waals surface area (Å²) in [4.78, 5) is 36.4. The van der Waals surface area contributed by atoms with Crippen LogP contribution in [0.15, 0.2) is 59.9 Å². The minimum Gasteiger partial charge on any atom is -0.366 e. The lowest BCUT2D eigenvalue weighted by molar-refractivity contribution is -0.113. The van der Waals surface area contributed by atoms with Crippen molar-refractivity contribution in [2.24, 2.45) is 5.73 Å². The van der Waals surface area contributed by atoms with E-state index in [1.165, 1.54) is 0 Å². The van der Waals surface area contributed by atoms with Gasteiger partial charge in [0.25, 0.3) is 5.91 Å². The molecule has 1 aromatic heterocycles. The molecule has 1 atom stereocenters. The fraction of sp³-hybridized carbons (Fsp3) is 0.100. The van der Waals surface area contributed by atoms with Crippen LogP contribution in [0.3, 0.4) is 0 Å². The van der Waals surface area contributed by atoms with E-state index in [4.69, 9.17) is 5.73 Å². The van der Waals surface area contributed by atoms with Gasteiger partial charge in [-0.1, -0.05) is 12.1 Å². The molecule has 1 aliphatic rings. The minimum absolute atomic E-state index is 0.342. The Morgan fingerprint density at radius 1 is 1.14 bits per heavy atom. The first-order chi connectivity index (χ1) is 13.9. The quantitative estimate of drug-likeness (QED) is 0.464. The van der Waals surface area contributed by atoms with E-state index in [1.54, 1.807) is 49.5 Å². The van der Waals surface area contributed by atoms with Crippen LogP contribution in [0, 0.1) is 0 Å². The summed E-state index contributed by atoms with van der Waals surface area (Å²) < 4.78 is 0. The molecule has 6 N–H and O–H groups in total. The van der Waals surface area contributed by atoms with Crippen LogP contribution >= 0.6 is 0 Å². The lowest BCUT2D eigenvalue weighted by atomic mass is 9.94. The van der Waals surface area contributed by atoms with Crippen LogP contribution in [0.1, 0.15) is 28.9 Å². The van der Waals surface area contributed by atoms with Crippen LogP contribution in [0.5, 0.6) is 0 Å². The van der Waals surface area contributed by atoms with E-state index in [1.807, 2.05) is 6.07 Å². The third-order valence-electron chi connectivity index (χ3n) is 4.74. The van der Waals surface area contributed by atoms with Gasteiger partial charge in [0, 0.05) is 22.3 Å². The lowest BCUT2D eigenvalue weighted by Gasteiger charge is -2.28. The maximum Gasteiger partial charge on any atom is 0.319 e. The average Bonchev–Trinajstić information content (AvgIpc) is 3.15. The fourth-order valence-corrected chi connectivity index (χ4v) is 3.30. The first-order valence-corrected chi connectivity index (χ1v) is 8.85. The highest BCUT2D eigenvalue weighted by Gasteiger charge is 2.31. The van der Waals surface area contributed by atoms with E-state index in [0.29, 0.717) is 28.1 Å². The van der Waals surface area contributed by atoms with Crippen LogP contribution in [-0.4, -0.2) is 28.0 Å². The molecule has 0 saturated carbocycles. The molecule has 3 aromatic rings. The number of primary amides is 1. The number of carbonyl (C=O) groups is 3. The van der Waals surface area contributed by atoms with Gasteiger partial charge >= 0.3 is 6.03 Å². The summed E-state index contributed by atoms with van der Waals surface area (Å²) in [5.41, 5.74) is 8.54. The highest BCUT2D eigenvalue weighted by Crippen LogP contribution is 2.28. The molecule has 0 bridgehead atoms. The normalized spacial score (nSPS) is 16.3. The zero-order valence-electron chi connectivity index (χ0n) is 15.4. The molecule has 0 fully saturated rings. The number of aromatic nitrogens is 2. The predicted octanol–water partition coefficient (Wildman–Crippen LogP) is 1.93. The Kier molecular flexibility index (Phi) is 4.47. The average molecular weight is 390 g/mol. The van der Waals surface area contributed by atoms with E-state index in [-0.39, 0.29) is 5.91 Å². The first kappa shape index (κ1) is 18.2. The van der Waals surface area contributed by atoms with Gasteiger partial charge < -0.3 is 21.7 Å². The molecular formula is C20H18N6O3. The number of amides is 4. The van der Waals surface area contributed by atoms with Crippen molar-refractivity contribution >= 4 is 34.4 Å². The predicted molar refractivity (Wildman–Crippen MR) is 107 cm³/mol. The van der Waals surface area contributed by atoms with Gasteiger partial charge in [-0.3, -0.25) is 14.7 Å². The molecule has 9 heteroatoms. The summed E-state index contributed by atoms with van der Waals surface area (Å²) in [5, 5.41) is 15.9. The van der Waals surface area contributed by atoms with Crippen molar-refractivity contribution in [3.63, 3.8) is 0 Å². The zero-order valence-corrected chi connectivity index (χ0v) is 15.4. The third kappa shape index (κ3) is 3.53. The fourth-order valence-electron chi connectivity index (χ4n) is 3.30. The number of allylic oxidation sites excluding steroid dienone is 1. The molecule has 1 aliphatic heterocycles. The second kappa shape index (κ2) is 7.12. The summed E-state index contributed by atoms with van der Waals surface area (Å²) >= 11 is 0. The number of carbonyl (C=O) groups excluding carboxylic acids is 3. The van der Waals surface area contributed by atoms with E-state index >= 15 is 0 Å². The number of nitrogens with one attached hydrogen (secondary N) is 4. The summed E-state index contributed by atoms with van der Waals surface area (Å²) in [7, 11) is 0. The standard InChI is InChI=1S/C20H18N6O3/c1-10-16(19(28)24-14-6-7-15-13(8-14)9-22-26-15)17(25-20(29)23-10)11-2-4-12(5-3-11)18(21)27/h2-9,17H,1H3,(H2,21,27)(H,22,26)(H,24,28)(H2,23,25,29). The summed E-state index contributed by atoms with van der Waals surface area (Å²) in [5.74, 6) is -0.910. The molecule has 29 heavy (non-hydrogen) atoms. The first-order valence-electron chi connectivity index (χ1n) is 8.85. The highest BCUT2D eigenvalue weighted by molar-refractivity contribution is 6.07. The number of nitrogens with two attached hydrogens (primary N) is 1. The molecule has 2 heterocycles. The Morgan fingerprint density at radius 2 is 1.90 bits per heavy atom. The van der Waals surface area contributed by atoms with Gasteiger partial charge in [-0.15, -0.1) is 0 Å². The van der Waals surface area contributed by atoms with Crippen LogP contribution < -0.4 is 21.7 Å². The molecule has 4 amide bonds. The molecule has 0 radical (unpaired) electrons. The Hall–Kier alpha value is -4.14. The highest BCUT2D eigenvalue weighted by atomic mass is 16.2. The number of benzene rings is 2. The Balaban J connectivity index is 1.65. The van der Waals surface area contributed by atoms with Crippen molar-refractivity contribution in [1.82, 2.24) is 20.8 Å². The van der Waals surface area contributed by atoms with Gasteiger partial charge in [0.15, 0.2) is 0 Å². The molecular weight excluding hydrogens is 372 g/mol. The lowest BCUT2D eigenvalue weighted by Crippen LogP contribution is -2.46. The topological polar surface area (TPSA) is 142 Å². The summed E-state index contributed by atoms with van der Waals surface area (Å²) in [6.45, 7) is 1.66. The molecule has 1 unspecified atom stereocenters. The number of nitrogens with zero attached hydrogens (tertiary/aromatic N) is 1. The van der Waals surface area contributed by atoms with Crippen molar-refractivity contribution in [3.8, 4) is 0 Å². The maximum atomic E-state index is 13.1. The Morgan fingerprint density at radius 3 is 2.62 bits per heavy atom. The smallest absolute Gasteiger partial charge is 0.319 e. The third-order valence-corrected chi connectivity index (χ3v) is 4.74. The molecule has 9 nitrogen and oxygen atoms in total. The van der Waals surface area contributed by atoms with E-state index in [0.717, 1.165) is 10.9 Å². The molecule has 0 saturated heterocycles. The van der Waals surface area contributed by atoms with Crippen molar-refractivity contribution in [3.05, 3.63) is 71.1 Å². The molecule has 4 rings (SSSR count). The van der Waals surface area contributed by atoms with E-state index < -0.39 is 18.0 Å². The van der Waals surface area contributed by atoms with Gasteiger partial charge in [-0.2, -0.15) is 5.10 Å². The number of hydrogen-bond acceptors (Lipinski definition) is 4. The van der Waals surface area contributed by atoms with Crippen LogP contribution in [0.2, 0.25) is 0 Å². The maximum absolute atomic E-state index is 13.1. The van der Waals surface area contributed by atoms with Crippen molar-refractivity contribution < 1.29 is 14.4 Å². The number of H-pyrrole nitrogens is 1.